The van der Waals surface area contributed by atoms with Crippen LogP contribution in [0.3, 0.4) is 0 Å². The summed E-state index contributed by atoms with van der Waals surface area (Å²) in [6.07, 6.45) is 1.50. The SMILES string of the molecule is CNCC1CCN(S(=O)(=O)c2cc(Br)ccc2[N+](=O)[O-])CC1. The zero-order valence-electron chi connectivity index (χ0n) is 12.2. The fraction of sp³-hybridized carbons (Fsp3) is 0.538. The molecule has 122 valence electrons. The molecule has 1 fully saturated rings. The third-order valence-corrected chi connectivity index (χ3v) is 6.22. The van der Waals surface area contributed by atoms with Crippen LogP contribution in [-0.4, -0.2) is 44.3 Å². The number of benzene rings is 1. The monoisotopic (exact) mass is 391 g/mol. The Bertz CT molecular complexity index is 657. The van der Waals surface area contributed by atoms with E-state index in [1.807, 2.05) is 7.05 Å². The van der Waals surface area contributed by atoms with E-state index in [4.69, 9.17) is 0 Å². The predicted molar refractivity (Wildman–Crippen MR) is 86.2 cm³/mol. The van der Waals surface area contributed by atoms with Crippen LogP contribution in [0, 0.1) is 16.0 Å². The van der Waals surface area contributed by atoms with Crippen LogP contribution in [0.4, 0.5) is 5.69 Å². The molecule has 0 spiro atoms. The number of nitro groups is 1. The van der Waals surface area contributed by atoms with Crippen LogP contribution < -0.4 is 5.32 Å². The van der Waals surface area contributed by atoms with E-state index < -0.39 is 14.9 Å². The molecule has 0 unspecified atom stereocenters. The Balaban J connectivity index is 2.28. The van der Waals surface area contributed by atoms with Crippen LogP contribution in [0.15, 0.2) is 27.6 Å². The minimum absolute atomic E-state index is 0.251. The topological polar surface area (TPSA) is 92.6 Å². The molecule has 0 amide bonds. The van der Waals surface area contributed by atoms with Gasteiger partial charge in [0.05, 0.1) is 4.92 Å². The first-order valence-electron chi connectivity index (χ1n) is 6.95. The standard InChI is InChI=1S/C13H18BrN3O4S/c1-15-9-10-4-6-16(7-5-10)22(20,21)13-8-11(14)2-3-12(13)17(18)19/h2-3,8,10,15H,4-7,9H2,1H3. The van der Waals surface area contributed by atoms with Gasteiger partial charge in [0.25, 0.3) is 5.69 Å². The molecule has 1 aliphatic heterocycles. The Labute approximate surface area is 138 Å². The number of nitro benzene ring substituents is 1. The van der Waals surface area contributed by atoms with Crippen LogP contribution >= 0.6 is 15.9 Å². The Morgan fingerprint density at radius 3 is 2.59 bits per heavy atom. The van der Waals surface area contributed by atoms with Crippen molar-refractivity contribution < 1.29 is 13.3 Å². The number of sulfonamides is 1. The fourth-order valence-corrected chi connectivity index (χ4v) is 4.79. The molecule has 0 saturated carbocycles. The molecule has 1 heterocycles. The Morgan fingerprint density at radius 1 is 1.41 bits per heavy atom. The quantitative estimate of drug-likeness (QED) is 0.611. The van der Waals surface area contributed by atoms with Gasteiger partial charge in [-0.1, -0.05) is 15.9 Å². The highest BCUT2D eigenvalue weighted by Crippen LogP contribution is 2.31. The molecule has 0 aromatic heterocycles. The first-order chi connectivity index (χ1) is 10.4. The average Bonchev–Trinajstić information content (AvgIpc) is 2.47. The smallest absolute Gasteiger partial charge is 0.289 e. The second-order valence-corrected chi connectivity index (χ2v) is 8.10. The summed E-state index contributed by atoms with van der Waals surface area (Å²) in [4.78, 5) is 10.2. The second-order valence-electron chi connectivity index (χ2n) is 5.27. The van der Waals surface area contributed by atoms with Gasteiger partial charge >= 0.3 is 0 Å². The number of nitrogens with one attached hydrogen (secondary N) is 1. The van der Waals surface area contributed by atoms with E-state index in [9.17, 15) is 18.5 Å². The zero-order valence-corrected chi connectivity index (χ0v) is 14.6. The summed E-state index contributed by atoms with van der Waals surface area (Å²) < 4.78 is 27.3. The number of hydrogen-bond donors (Lipinski definition) is 1. The maximum Gasteiger partial charge on any atom is 0.289 e. The van der Waals surface area contributed by atoms with Gasteiger partial charge in [-0.25, -0.2) is 8.42 Å². The van der Waals surface area contributed by atoms with Crippen LogP contribution in [0.1, 0.15) is 12.8 Å². The van der Waals surface area contributed by atoms with Crippen LogP contribution in [0.5, 0.6) is 0 Å². The lowest BCUT2D eigenvalue weighted by Crippen LogP contribution is -2.40. The number of halogens is 1. The number of rotatable bonds is 5. The highest BCUT2D eigenvalue weighted by Gasteiger charge is 2.34. The van der Waals surface area contributed by atoms with Gasteiger partial charge in [-0.2, -0.15) is 4.31 Å². The number of nitrogens with zero attached hydrogens (tertiary/aromatic N) is 2. The highest BCUT2D eigenvalue weighted by atomic mass is 79.9. The van der Waals surface area contributed by atoms with Gasteiger partial charge in [-0.3, -0.25) is 10.1 Å². The molecule has 0 atom stereocenters. The fourth-order valence-electron chi connectivity index (χ4n) is 2.63. The van der Waals surface area contributed by atoms with Gasteiger partial charge in [0.2, 0.25) is 10.0 Å². The molecule has 2 rings (SSSR count). The third kappa shape index (κ3) is 3.65. The normalized spacial score (nSPS) is 17.5. The van der Waals surface area contributed by atoms with E-state index in [1.54, 1.807) is 0 Å². The summed E-state index contributed by atoms with van der Waals surface area (Å²) in [7, 11) is -1.99. The van der Waals surface area contributed by atoms with Crippen molar-refractivity contribution in [1.29, 1.82) is 0 Å². The van der Waals surface area contributed by atoms with Gasteiger partial charge in [0.1, 0.15) is 0 Å². The zero-order chi connectivity index (χ0) is 16.3. The lowest BCUT2D eigenvalue weighted by Gasteiger charge is -2.31. The van der Waals surface area contributed by atoms with E-state index in [0.717, 1.165) is 19.4 Å². The average molecular weight is 392 g/mol. The third-order valence-electron chi connectivity index (χ3n) is 3.80. The Hall–Kier alpha value is -1.03. The van der Waals surface area contributed by atoms with Crippen molar-refractivity contribution in [3.05, 3.63) is 32.8 Å². The molecule has 1 saturated heterocycles. The van der Waals surface area contributed by atoms with E-state index in [2.05, 4.69) is 21.2 Å². The summed E-state index contributed by atoms with van der Waals surface area (Å²) in [5.41, 5.74) is -0.388. The maximum absolute atomic E-state index is 12.7. The second kappa shape index (κ2) is 7.03. The molecule has 9 heteroatoms. The van der Waals surface area contributed by atoms with Crippen molar-refractivity contribution in [2.24, 2.45) is 5.92 Å². The summed E-state index contributed by atoms with van der Waals surface area (Å²) in [5.74, 6) is 0.439. The van der Waals surface area contributed by atoms with Gasteiger partial charge in [0.15, 0.2) is 4.90 Å². The van der Waals surface area contributed by atoms with E-state index in [1.165, 1.54) is 22.5 Å². The van der Waals surface area contributed by atoms with Crippen molar-refractivity contribution in [3.63, 3.8) is 0 Å². The first-order valence-corrected chi connectivity index (χ1v) is 9.18. The molecule has 22 heavy (non-hydrogen) atoms. The summed E-state index contributed by atoms with van der Waals surface area (Å²) in [6, 6.07) is 3.98. The van der Waals surface area contributed by atoms with E-state index in [0.29, 0.717) is 23.5 Å². The van der Waals surface area contributed by atoms with E-state index in [-0.39, 0.29) is 10.6 Å². The summed E-state index contributed by atoms with van der Waals surface area (Å²) in [6.45, 7) is 1.63. The largest absolute Gasteiger partial charge is 0.319 e. The molecule has 7 nitrogen and oxygen atoms in total. The van der Waals surface area contributed by atoms with Gasteiger partial charge in [-0.05, 0) is 44.5 Å². The molecule has 0 bridgehead atoms. The van der Waals surface area contributed by atoms with Gasteiger partial charge in [0, 0.05) is 23.6 Å². The van der Waals surface area contributed by atoms with Crippen molar-refractivity contribution in [2.45, 2.75) is 17.7 Å². The highest BCUT2D eigenvalue weighted by molar-refractivity contribution is 9.10. The van der Waals surface area contributed by atoms with Crippen molar-refractivity contribution in [1.82, 2.24) is 9.62 Å². The molecule has 0 aliphatic carbocycles. The molecule has 1 aromatic carbocycles. The number of piperidine rings is 1. The Kier molecular flexibility index (Phi) is 5.54. The predicted octanol–water partition coefficient (Wildman–Crippen LogP) is 1.98. The molecule has 1 aromatic rings. The summed E-state index contributed by atoms with van der Waals surface area (Å²) >= 11 is 3.18. The lowest BCUT2D eigenvalue weighted by molar-refractivity contribution is -0.387. The molecule has 1 aliphatic rings. The molecule has 0 radical (unpaired) electrons. The van der Waals surface area contributed by atoms with Crippen molar-refractivity contribution in [3.8, 4) is 0 Å². The van der Waals surface area contributed by atoms with Gasteiger partial charge < -0.3 is 5.32 Å². The Morgan fingerprint density at radius 2 is 2.05 bits per heavy atom. The molecular weight excluding hydrogens is 374 g/mol. The van der Waals surface area contributed by atoms with E-state index >= 15 is 0 Å². The van der Waals surface area contributed by atoms with Crippen LogP contribution in [-0.2, 0) is 10.0 Å². The van der Waals surface area contributed by atoms with Crippen LogP contribution in [0.25, 0.3) is 0 Å². The molecular formula is C13H18BrN3O4S. The molecule has 1 N–H and O–H groups in total. The number of hydrogen-bond acceptors (Lipinski definition) is 5. The summed E-state index contributed by atoms with van der Waals surface area (Å²) in [5, 5.41) is 14.2. The van der Waals surface area contributed by atoms with Crippen molar-refractivity contribution in [2.75, 3.05) is 26.7 Å². The minimum atomic E-state index is -3.86. The van der Waals surface area contributed by atoms with Gasteiger partial charge in [-0.15, -0.1) is 0 Å². The van der Waals surface area contributed by atoms with Crippen molar-refractivity contribution >= 4 is 31.6 Å². The maximum atomic E-state index is 12.7. The first kappa shape index (κ1) is 17.3. The minimum Gasteiger partial charge on any atom is -0.319 e. The van der Waals surface area contributed by atoms with Crippen LogP contribution in [0.2, 0.25) is 0 Å². The lowest BCUT2D eigenvalue weighted by atomic mass is 9.98.